The molecule has 0 aromatic heterocycles. The molecule has 0 bridgehead atoms. The lowest BCUT2D eigenvalue weighted by atomic mass is 9.86. The first-order valence-corrected chi connectivity index (χ1v) is 6.71. The maximum Gasteiger partial charge on any atom is 0.416 e. The molecule has 2 N–H and O–H groups in total. The summed E-state index contributed by atoms with van der Waals surface area (Å²) in [5.41, 5.74) is 7.96. The van der Waals surface area contributed by atoms with E-state index in [1.807, 2.05) is 38.1 Å². The summed E-state index contributed by atoms with van der Waals surface area (Å²) in [6.45, 7) is 3.88. The van der Waals surface area contributed by atoms with Crippen molar-refractivity contribution >= 4 is 0 Å². The van der Waals surface area contributed by atoms with Crippen molar-refractivity contribution in [3.05, 3.63) is 70.8 Å². The zero-order chi connectivity index (χ0) is 15.7. The Morgan fingerprint density at radius 2 is 1.33 bits per heavy atom. The number of halogens is 3. The normalized spacial score (nSPS) is 14.8. The van der Waals surface area contributed by atoms with Crippen LogP contribution in [0.4, 0.5) is 13.2 Å². The van der Waals surface area contributed by atoms with E-state index in [1.54, 1.807) is 0 Å². The Labute approximate surface area is 122 Å². The van der Waals surface area contributed by atoms with E-state index < -0.39 is 17.3 Å². The molecule has 0 saturated heterocycles. The van der Waals surface area contributed by atoms with E-state index in [9.17, 15) is 13.2 Å². The molecule has 2 aromatic carbocycles. The molecule has 21 heavy (non-hydrogen) atoms. The van der Waals surface area contributed by atoms with Crippen molar-refractivity contribution in [3.8, 4) is 0 Å². The van der Waals surface area contributed by atoms with Crippen molar-refractivity contribution in [1.82, 2.24) is 0 Å². The number of nitrogens with two attached hydrogens (primary N) is 1. The van der Waals surface area contributed by atoms with Crippen molar-refractivity contribution in [1.29, 1.82) is 0 Å². The van der Waals surface area contributed by atoms with Gasteiger partial charge >= 0.3 is 6.18 Å². The molecule has 1 atom stereocenters. The predicted octanol–water partition coefficient (Wildman–Crippen LogP) is 4.43. The van der Waals surface area contributed by atoms with Gasteiger partial charge in [-0.25, -0.2) is 0 Å². The number of alkyl halides is 3. The Hall–Kier alpha value is -1.81. The van der Waals surface area contributed by atoms with Crippen molar-refractivity contribution in [2.75, 3.05) is 0 Å². The van der Waals surface area contributed by atoms with Gasteiger partial charge in [0, 0.05) is 5.54 Å². The number of aryl methyl sites for hydroxylation is 1. The first-order valence-electron chi connectivity index (χ1n) is 6.71. The molecule has 0 aliphatic carbocycles. The maximum atomic E-state index is 12.5. The number of benzene rings is 2. The molecule has 0 spiro atoms. The van der Waals surface area contributed by atoms with Crippen LogP contribution in [0.3, 0.4) is 0 Å². The number of hydrogen-bond donors (Lipinski definition) is 1. The van der Waals surface area contributed by atoms with Gasteiger partial charge in [-0.3, -0.25) is 0 Å². The lowest BCUT2D eigenvalue weighted by Crippen LogP contribution is -2.35. The molecule has 1 unspecified atom stereocenters. The van der Waals surface area contributed by atoms with Gasteiger partial charge in [0.1, 0.15) is 0 Å². The smallest absolute Gasteiger partial charge is 0.321 e. The minimum absolute atomic E-state index is 0.480. The molecule has 0 aliphatic rings. The quantitative estimate of drug-likeness (QED) is 0.890. The van der Waals surface area contributed by atoms with E-state index in [1.165, 1.54) is 12.1 Å². The van der Waals surface area contributed by atoms with Crippen LogP contribution in [0.2, 0.25) is 0 Å². The van der Waals surface area contributed by atoms with E-state index >= 15 is 0 Å². The van der Waals surface area contributed by atoms with Gasteiger partial charge in [0.05, 0.1) is 5.56 Å². The summed E-state index contributed by atoms with van der Waals surface area (Å²) in [7, 11) is 0. The highest BCUT2D eigenvalue weighted by Gasteiger charge is 2.30. The largest absolute Gasteiger partial charge is 0.416 e. The summed E-state index contributed by atoms with van der Waals surface area (Å²) >= 11 is 0. The average molecular weight is 293 g/mol. The minimum atomic E-state index is -4.30. The third kappa shape index (κ3) is 3.85. The van der Waals surface area contributed by atoms with Crippen LogP contribution in [0.15, 0.2) is 48.5 Å². The van der Waals surface area contributed by atoms with Crippen molar-refractivity contribution in [2.24, 2.45) is 5.73 Å². The van der Waals surface area contributed by atoms with Crippen LogP contribution < -0.4 is 5.73 Å². The molecule has 0 heterocycles. The van der Waals surface area contributed by atoms with Crippen LogP contribution in [0.5, 0.6) is 0 Å². The molecular formula is C17H18F3N. The Balaban J connectivity index is 2.18. The van der Waals surface area contributed by atoms with E-state index in [4.69, 9.17) is 5.73 Å². The Kier molecular flexibility index (Phi) is 4.10. The molecule has 1 nitrogen and oxygen atoms in total. The van der Waals surface area contributed by atoms with Gasteiger partial charge in [-0.05, 0) is 43.5 Å². The third-order valence-electron chi connectivity index (χ3n) is 3.56. The molecule has 0 amide bonds. The lowest BCUT2D eigenvalue weighted by molar-refractivity contribution is -0.137. The van der Waals surface area contributed by atoms with E-state index in [2.05, 4.69) is 0 Å². The van der Waals surface area contributed by atoms with Gasteiger partial charge in [0.2, 0.25) is 0 Å². The SMILES string of the molecule is Cc1ccc(C(C)(N)Cc2ccc(C(F)(F)F)cc2)cc1. The first-order chi connectivity index (χ1) is 9.68. The highest BCUT2D eigenvalue weighted by molar-refractivity contribution is 5.31. The van der Waals surface area contributed by atoms with Gasteiger partial charge in [0.25, 0.3) is 0 Å². The number of hydrogen-bond acceptors (Lipinski definition) is 1. The Morgan fingerprint density at radius 3 is 1.81 bits per heavy atom. The van der Waals surface area contributed by atoms with Crippen molar-refractivity contribution in [2.45, 2.75) is 32.0 Å². The van der Waals surface area contributed by atoms with Crippen LogP contribution in [0.1, 0.15) is 29.2 Å². The monoisotopic (exact) mass is 293 g/mol. The Morgan fingerprint density at radius 1 is 0.857 bits per heavy atom. The molecule has 0 aliphatic heterocycles. The summed E-state index contributed by atoms with van der Waals surface area (Å²) in [5, 5.41) is 0. The van der Waals surface area contributed by atoms with E-state index in [-0.39, 0.29) is 0 Å². The minimum Gasteiger partial charge on any atom is -0.321 e. The van der Waals surface area contributed by atoms with Gasteiger partial charge < -0.3 is 5.73 Å². The maximum absolute atomic E-state index is 12.5. The van der Waals surface area contributed by atoms with Gasteiger partial charge in [-0.2, -0.15) is 13.2 Å². The topological polar surface area (TPSA) is 26.0 Å². The highest BCUT2D eigenvalue weighted by Crippen LogP contribution is 2.30. The zero-order valence-corrected chi connectivity index (χ0v) is 12.0. The van der Waals surface area contributed by atoms with Gasteiger partial charge in [0.15, 0.2) is 0 Å². The molecule has 2 aromatic rings. The van der Waals surface area contributed by atoms with Crippen LogP contribution in [0, 0.1) is 6.92 Å². The fourth-order valence-electron chi connectivity index (χ4n) is 2.27. The predicted molar refractivity (Wildman–Crippen MR) is 77.9 cm³/mol. The summed E-state index contributed by atoms with van der Waals surface area (Å²) in [6.07, 6.45) is -3.82. The van der Waals surface area contributed by atoms with E-state index in [0.29, 0.717) is 6.42 Å². The molecular weight excluding hydrogens is 275 g/mol. The zero-order valence-electron chi connectivity index (χ0n) is 12.0. The second-order valence-corrected chi connectivity index (χ2v) is 5.65. The van der Waals surface area contributed by atoms with Gasteiger partial charge in [-0.1, -0.05) is 42.0 Å². The summed E-state index contributed by atoms with van der Waals surface area (Å²) < 4.78 is 37.6. The standard InChI is InChI=1S/C17H18F3N/c1-12-3-7-14(8-4-12)16(2,21)11-13-5-9-15(10-6-13)17(18,19)20/h3-10H,11,21H2,1-2H3. The van der Waals surface area contributed by atoms with Crippen molar-refractivity contribution < 1.29 is 13.2 Å². The molecule has 4 heteroatoms. The molecule has 112 valence electrons. The molecule has 0 saturated carbocycles. The van der Waals surface area contributed by atoms with Gasteiger partial charge in [-0.15, -0.1) is 0 Å². The number of rotatable bonds is 3. The fraction of sp³-hybridized carbons (Fsp3) is 0.294. The lowest BCUT2D eigenvalue weighted by Gasteiger charge is -2.26. The molecule has 0 radical (unpaired) electrons. The summed E-state index contributed by atoms with van der Waals surface area (Å²) in [6, 6.07) is 13.0. The highest BCUT2D eigenvalue weighted by atomic mass is 19.4. The average Bonchev–Trinajstić information content (AvgIpc) is 2.38. The van der Waals surface area contributed by atoms with Crippen LogP contribution >= 0.6 is 0 Å². The van der Waals surface area contributed by atoms with Crippen LogP contribution in [0.25, 0.3) is 0 Å². The summed E-state index contributed by atoms with van der Waals surface area (Å²) in [4.78, 5) is 0. The molecule has 0 fully saturated rings. The fourth-order valence-corrected chi connectivity index (χ4v) is 2.27. The second kappa shape index (κ2) is 5.53. The second-order valence-electron chi connectivity index (χ2n) is 5.65. The van der Waals surface area contributed by atoms with Crippen LogP contribution in [-0.4, -0.2) is 0 Å². The molecule has 2 rings (SSSR count). The third-order valence-corrected chi connectivity index (χ3v) is 3.56. The van der Waals surface area contributed by atoms with Crippen molar-refractivity contribution in [3.63, 3.8) is 0 Å². The Bertz CT molecular complexity index is 595. The first kappa shape index (κ1) is 15.6. The van der Waals surface area contributed by atoms with E-state index in [0.717, 1.165) is 28.8 Å². The summed E-state index contributed by atoms with van der Waals surface area (Å²) in [5.74, 6) is 0. The van der Waals surface area contributed by atoms with Crippen LogP contribution in [-0.2, 0) is 18.1 Å².